The summed E-state index contributed by atoms with van der Waals surface area (Å²) < 4.78 is 38.8. The van der Waals surface area contributed by atoms with Crippen molar-refractivity contribution in [1.29, 1.82) is 0 Å². The molecule has 0 nitrogen and oxygen atoms in total. The Labute approximate surface area is 78.4 Å². The van der Waals surface area contributed by atoms with Crippen LogP contribution >= 0.6 is 0 Å². The molecule has 0 fully saturated rings. The van der Waals surface area contributed by atoms with Gasteiger partial charge in [-0.05, 0) is 0 Å². The van der Waals surface area contributed by atoms with Crippen molar-refractivity contribution in [3.8, 4) is 4.20 Å². The van der Waals surface area contributed by atoms with Gasteiger partial charge in [0.2, 0.25) is 0 Å². The molecule has 0 aliphatic heterocycles. The maximum absolute atomic E-state index is 12.0. The Balaban J connectivity index is 3.02. The molecule has 0 spiro atoms. The van der Waals surface area contributed by atoms with Gasteiger partial charge in [0, 0.05) is 0 Å². The zero-order chi connectivity index (χ0) is 9.19. The molecule has 12 heavy (non-hydrogen) atoms. The molecule has 0 amide bonds. The van der Waals surface area contributed by atoms with Crippen molar-refractivity contribution in [2.75, 3.05) is 0 Å². The third kappa shape index (κ3) is 2.23. The van der Waals surface area contributed by atoms with E-state index in [-0.39, 0.29) is 0 Å². The molecule has 0 atom stereocenters. The van der Waals surface area contributed by atoms with Crippen molar-refractivity contribution in [2.24, 2.45) is 0 Å². The van der Waals surface area contributed by atoms with Crippen molar-refractivity contribution in [1.82, 2.24) is 0 Å². The van der Waals surface area contributed by atoms with Crippen LogP contribution in [-0.2, 0) is 25.3 Å². The van der Waals surface area contributed by atoms with Crippen molar-refractivity contribution >= 4 is 0 Å². The Bertz CT molecular complexity index is 305. The Kier molecular flexibility index (Phi) is 2.76. The summed E-state index contributed by atoms with van der Waals surface area (Å²) in [6.45, 7) is 0. The van der Waals surface area contributed by atoms with Gasteiger partial charge in [-0.3, -0.25) is 0 Å². The first kappa shape index (κ1) is 9.57. The monoisotopic (exact) mass is 255 g/mol. The van der Waals surface area contributed by atoms with Crippen LogP contribution < -0.4 is 0 Å². The first-order valence-corrected chi connectivity index (χ1v) is 4.10. The average Bonchev–Trinajstić information content (AvgIpc) is 2.03. The van der Waals surface area contributed by atoms with E-state index in [1.54, 1.807) is 19.2 Å². The molecule has 0 saturated carbocycles. The zero-order valence-electron chi connectivity index (χ0n) is 5.85. The molecular formula is C8H4F3Mo. The van der Waals surface area contributed by atoms with Crippen molar-refractivity contribution in [3.05, 3.63) is 35.4 Å². The van der Waals surface area contributed by atoms with Gasteiger partial charge < -0.3 is 0 Å². The number of hydrogen-bond donors (Lipinski definition) is 0. The van der Waals surface area contributed by atoms with Gasteiger partial charge in [-0.25, -0.2) is 0 Å². The Morgan fingerprint density at radius 1 is 1.08 bits per heavy atom. The van der Waals surface area contributed by atoms with Crippen LogP contribution in [0.15, 0.2) is 24.3 Å². The minimum absolute atomic E-state index is 0.623. The minimum atomic E-state index is -4.24. The van der Waals surface area contributed by atoms with Gasteiger partial charge >= 0.3 is 78.1 Å². The number of halogens is 3. The van der Waals surface area contributed by atoms with E-state index >= 15 is 0 Å². The summed E-state index contributed by atoms with van der Waals surface area (Å²) in [4.78, 5) is 0. The molecule has 0 saturated heterocycles. The third-order valence-corrected chi connectivity index (χ3v) is 1.91. The fourth-order valence-corrected chi connectivity index (χ4v) is 1.06. The first-order valence-electron chi connectivity index (χ1n) is 3.09. The summed E-state index contributed by atoms with van der Waals surface area (Å²) in [7, 11) is 0. The number of rotatable bonds is 0. The first-order chi connectivity index (χ1) is 5.54. The molecule has 4 heteroatoms. The van der Waals surface area contributed by atoms with Crippen molar-refractivity contribution in [3.63, 3.8) is 0 Å². The van der Waals surface area contributed by atoms with E-state index in [1.807, 2.05) is 0 Å². The summed E-state index contributed by atoms with van der Waals surface area (Å²) >= 11 is 1.59. The fraction of sp³-hybridized carbons (Fsp3) is 0.125. The van der Waals surface area contributed by atoms with E-state index in [0.29, 0.717) is 5.56 Å². The molecule has 0 unspecified atom stereocenters. The van der Waals surface area contributed by atoms with Gasteiger partial charge in [-0.15, -0.1) is 0 Å². The SMILES string of the molecule is FC(F)(F)c1ccc([C]#[Mo])cc1. The van der Waals surface area contributed by atoms with Crippen LogP contribution in [0, 0.1) is 4.20 Å². The van der Waals surface area contributed by atoms with Crippen LogP contribution in [-0.4, -0.2) is 0 Å². The van der Waals surface area contributed by atoms with E-state index < -0.39 is 11.7 Å². The van der Waals surface area contributed by atoms with Gasteiger partial charge in [0.1, 0.15) is 0 Å². The molecule has 63 valence electrons. The topological polar surface area (TPSA) is 0 Å². The third-order valence-electron chi connectivity index (χ3n) is 1.33. The van der Waals surface area contributed by atoms with E-state index in [4.69, 9.17) is 0 Å². The molecule has 0 N–H and O–H groups in total. The molecular weight excluding hydrogens is 249 g/mol. The van der Waals surface area contributed by atoms with Crippen molar-refractivity contribution in [2.45, 2.75) is 6.18 Å². The van der Waals surface area contributed by atoms with E-state index in [2.05, 4.69) is 4.20 Å². The molecule has 0 aliphatic rings. The van der Waals surface area contributed by atoms with E-state index in [0.717, 1.165) is 12.1 Å². The molecule has 0 aliphatic carbocycles. The normalized spacial score (nSPS) is 10.8. The average molecular weight is 253 g/mol. The van der Waals surface area contributed by atoms with Gasteiger partial charge in [0.05, 0.1) is 0 Å². The summed E-state index contributed by atoms with van der Waals surface area (Å²) in [6, 6.07) is 4.89. The van der Waals surface area contributed by atoms with Gasteiger partial charge in [-0.2, -0.15) is 0 Å². The second-order valence-corrected chi connectivity index (χ2v) is 2.68. The molecule has 0 radical (unpaired) electrons. The van der Waals surface area contributed by atoms with Crippen molar-refractivity contribution < 1.29 is 32.3 Å². The molecule has 1 aromatic carbocycles. The molecule has 0 aromatic heterocycles. The Hall–Kier alpha value is -0.522. The zero-order valence-corrected chi connectivity index (χ0v) is 7.86. The maximum atomic E-state index is 12.0. The summed E-state index contributed by atoms with van der Waals surface area (Å²) in [5.74, 6) is 0. The summed E-state index contributed by atoms with van der Waals surface area (Å²) in [5, 5.41) is 0. The number of alkyl halides is 3. The summed E-state index contributed by atoms with van der Waals surface area (Å²) in [5.41, 5.74) is 0.0514. The molecule has 0 bridgehead atoms. The number of benzene rings is 1. The second-order valence-electron chi connectivity index (χ2n) is 2.18. The predicted molar refractivity (Wildman–Crippen MR) is 34.4 cm³/mol. The fourth-order valence-electron chi connectivity index (χ4n) is 0.727. The second kappa shape index (κ2) is 3.47. The molecule has 1 rings (SSSR count). The van der Waals surface area contributed by atoms with Gasteiger partial charge in [0.15, 0.2) is 0 Å². The molecule has 0 heterocycles. The van der Waals surface area contributed by atoms with Crippen LogP contribution in [0.5, 0.6) is 0 Å². The van der Waals surface area contributed by atoms with Crippen LogP contribution in [0.2, 0.25) is 0 Å². The van der Waals surface area contributed by atoms with Gasteiger partial charge in [-0.1, -0.05) is 0 Å². The quantitative estimate of drug-likeness (QED) is 0.623. The van der Waals surface area contributed by atoms with Crippen LogP contribution in [0.3, 0.4) is 0 Å². The Morgan fingerprint density at radius 3 is 1.92 bits per heavy atom. The van der Waals surface area contributed by atoms with Crippen LogP contribution in [0.25, 0.3) is 0 Å². The number of hydrogen-bond acceptors (Lipinski definition) is 0. The van der Waals surface area contributed by atoms with E-state index in [1.165, 1.54) is 12.1 Å². The Morgan fingerprint density at radius 2 is 1.58 bits per heavy atom. The standard InChI is InChI=1S/C8H4F3.Mo/c1-6-2-4-7(5-3-6)8(9,10)11;/h2-5H;. The van der Waals surface area contributed by atoms with E-state index in [9.17, 15) is 13.2 Å². The predicted octanol–water partition coefficient (Wildman–Crippen LogP) is 2.56. The van der Waals surface area contributed by atoms with Crippen LogP contribution in [0.4, 0.5) is 13.2 Å². The summed E-state index contributed by atoms with van der Waals surface area (Å²) in [6.07, 6.45) is -4.24. The van der Waals surface area contributed by atoms with Crippen LogP contribution in [0.1, 0.15) is 11.1 Å². The van der Waals surface area contributed by atoms with Gasteiger partial charge in [0.25, 0.3) is 0 Å². The molecule has 1 aromatic rings.